The molecule has 0 saturated carbocycles. The van der Waals surface area contributed by atoms with Gasteiger partial charge < -0.3 is 29.6 Å². The molecule has 1 aliphatic heterocycles. The van der Waals surface area contributed by atoms with Gasteiger partial charge in [0.05, 0.1) is 19.6 Å². The van der Waals surface area contributed by atoms with Crippen molar-refractivity contribution in [1.29, 1.82) is 0 Å². The zero-order valence-electron chi connectivity index (χ0n) is 23.0. The Morgan fingerprint density at radius 2 is 1.83 bits per heavy atom. The Morgan fingerprint density at radius 1 is 1.05 bits per heavy atom. The molecule has 3 heterocycles. The molecule has 41 heavy (non-hydrogen) atoms. The van der Waals surface area contributed by atoms with Crippen LogP contribution in [0.3, 0.4) is 0 Å². The SMILES string of the molecule is O=C(O)C[C@@H](CCCc1ccc(-n2cccc2)cc1)C(=O)NC1Cc2cn(c3ccccc23)CCOCCNC1=O. The summed E-state index contributed by atoms with van der Waals surface area (Å²) in [7, 11) is 0. The summed E-state index contributed by atoms with van der Waals surface area (Å²) in [6.07, 6.45) is 7.77. The van der Waals surface area contributed by atoms with Crippen LogP contribution in [0.5, 0.6) is 0 Å². The number of aliphatic carboxylic acids is 1. The third-order valence-corrected chi connectivity index (χ3v) is 7.60. The van der Waals surface area contributed by atoms with Crippen LogP contribution in [-0.2, 0) is 38.5 Å². The van der Waals surface area contributed by atoms with Crippen molar-refractivity contribution in [1.82, 2.24) is 19.8 Å². The number of aromatic nitrogens is 2. The second-order valence-corrected chi connectivity index (χ2v) is 10.5. The molecule has 0 fully saturated rings. The molecule has 2 amide bonds. The Morgan fingerprint density at radius 3 is 2.61 bits per heavy atom. The fraction of sp³-hybridized carbons (Fsp3) is 0.344. The molecule has 0 radical (unpaired) electrons. The second-order valence-electron chi connectivity index (χ2n) is 10.5. The maximum absolute atomic E-state index is 13.4. The summed E-state index contributed by atoms with van der Waals surface area (Å²) >= 11 is 0. The third kappa shape index (κ3) is 7.24. The number of ether oxygens (including phenoxy) is 1. The van der Waals surface area contributed by atoms with Gasteiger partial charge in [0, 0.05) is 60.6 Å². The molecule has 0 saturated heterocycles. The number of aryl methyl sites for hydroxylation is 1. The van der Waals surface area contributed by atoms with E-state index in [4.69, 9.17) is 4.74 Å². The fourth-order valence-electron chi connectivity index (χ4n) is 5.45. The number of rotatable bonds is 9. The molecule has 0 aliphatic carbocycles. The number of benzene rings is 2. The van der Waals surface area contributed by atoms with E-state index in [0.717, 1.165) is 34.1 Å². The maximum atomic E-state index is 13.4. The van der Waals surface area contributed by atoms with E-state index in [-0.39, 0.29) is 12.3 Å². The molecule has 2 atom stereocenters. The largest absolute Gasteiger partial charge is 0.481 e. The van der Waals surface area contributed by atoms with Gasteiger partial charge in [0.1, 0.15) is 6.04 Å². The molecule has 3 N–H and O–H groups in total. The van der Waals surface area contributed by atoms with Crippen LogP contribution in [0.2, 0.25) is 0 Å². The van der Waals surface area contributed by atoms with Gasteiger partial charge in [-0.15, -0.1) is 0 Å². The van der Waals surface area contributed by atoms with E-state index in [1.165, 1.54) is 0 Å². The van der Waals surface area contributed by atoms with E-state index in [1.54, 1.807) is 0 Å². The number of para-hydroxylation sites is 1. The standard InChI is InChI=1S/C32H36N4O5/c37-30(38)21-24(7-5-6-23-10-12-26(13-11-23)35-15-3-4-16-35)31(39)34-28-20-25-22-36(29-9-2-1-8-27(25)29)17-19-41-18-14-33-32(28)40/h1-4,8-13,15-16,22,24,28H,5-7,14,17-21H2,(H,33,40)(H,34,39)(H,37,38)/t24-,28?/m1/s1. The van der Waals surface area contributed by atoms with Crippen LogP contribution in [0, 0.1) is 5.92 Å². The zero-order valence-corrected chi connectivity index (χ0v) is 23.0. The first-order chi connectivity index (χ1) is 20.0. The van der Waals surface area contributed by atoms with E-state index in [0.29, 0.717) is 45.6 Å². The van der Waals surface area contributed by atoms with Crippen molar-refractivity contribution in [3.8, 4) is 5.69 Å². The smallest absolute Gasteiger partial charge is 0.304 e. The highest BCUT2D eigenvalue weighted by molar-refractivity contribution is 5.91. The molecule has 2 bridgehead atoms. The van der Waals surface area contributed by atoms with E-state index < -0.39 is 23.8 Å². The van der Waals surface area contributed by atoms with Gasteiger partial charge >= 0.3 is 5.97 Å². The van der Waals surface area contributed by atoms with E-state index in [1.807, 2.05) is 71.7 Å². The summed E-state index contributed by atoms with van der Waals surface area (Å²) in [6.45, 7) is 1.91. The summed E-state index contributed by atoms with van der Waals surface area (Å²) < 4.78 is 9.83. The van der Waals surface area contributed by atoms with Gasteiger partial charge in [-0.1, -0.05) is 30.3 Å². The zero-order chi connectivity index (χ0) is 28.6. The minimum absolute atomic E-state index is 0.292. The monoisotopic (exact) mass is 556 g/mol. The van der Waals surface area contributed by atoms with Crippen molar-refractivity contribution in [3.05, 3.63) is 90.4 Å². The molecular formula is C32H36N4O5. The van der Waals surface area contributed by atoms with Gasteiger partial charge in [-0.3, -0.25) is 14.4 Å². The lowest BCUT2D eigenvalue weighted by atomic mass is 9.94. The predicted molar refractivity (Wildman–Crippen MR) is 156 cm³/mol. The molecule has 2 aromatic heterocycles. The number of fused-ring (bicyclic) bond motifs is 5. The topological polar surface area (TPSA) is 115 Å². The first kappa shape index (κ1) is 28.2. The predicted octanol–water partition coefficient (Wildman–Crippen LogP) is 3.72. The van der Waals surface area contributed by atoms with Crippen molar-refractivity contribution in [2.75, 3.05) is 19.8 Å². The Kier molecular flexibility index (Phi) is 9.15. The minimum atomic E-state index is -1.04. The van der Waals surface area contributed by atoms with E-state index in [9.17, 15) is 19.5 Å². The van der Waals surface area contributed by atoms with Crippen LogP contribution in [-0.4, -0.2) is 57.8 Å². The number of amides is 2. The second kappa shape index (κ2) is 13.3. The van der Waals surface area contributed by atoms with Crippen LogP contribution >= 0.6 is 0 Å². The highest BCUT2D eigenvalue weighted by Gasteiger charge is 2.28. The molecule has 214 valence electrons. The molecule has 4 aromatic rings. The quantitative estimate of drug-likeness (QED) is 0.291. The third-order valence-electron chi connectivity index (χ3n) is 7.60. The average Bonchev–Trinajstić information content (AvgIpc) is 3.62. The molecular weight excluding hydrogens is 520 g/mol. The van der Waals surface area contributed by atoms with Gasteiger partial charge in [-0.2, -0.15) is 0 Å². The molecule has 2 aromatic carbocycles. The number of hydrogen-bond donors (Lipinski definition) is 3. The Balaban J connectivity index is 1.27. The summed E-state index contributed by atoms with van der Waals surface area (Å²) in [5.74, 6) is -2.51. The normalized spacial score (nSPS) is 16.8. The number of carbonyl (C=O) groups is 3. The van der Waals surface area contributed by atoms with Crippen molar-refractivity contribution in [2.24, 2.45) is 5.92 Å². The van der Waals surface area contributed by atoms with Gasteiger partial charge in [-0.25, -0.2) is 0 Å². The maximum Gasteiger partial charge on any atom is 0.304 e. The van der Waals surface area contributed by atoms with Crippen LogP contribution in [0.25, 0.3) is 16.6 Å². The van der Waals surface area contributed by atoms with Crippen molar-refractivity contribution in [2.45, 2.75) is 44.7 Å². The molecule has 9 heteroatoms. The first-order valence-electron chi connectivity index (χ1n) is 14.1. The Hall–Kier alpha value is -4.37. The van der Waals surface area contributed by atoms with Crippen molar-refractivity contribution >= 4 is 28.7 Å². The molecule has 0 spiro atoms. The lowest BCUT2D eigenvalue weighted by Gasteiger charge is -2.22. The van der Waals surface area contributed by atoms with Crippen LogP contribution in [0.15, 0.2) is 79.3 Å². The van der Waals surface area contributed by atoms with Gasteiger partial charge in [0.25, 0.3) is 0 Å². The highest BCUT2D eigenvalue weighted by atomic mass is 16.5. The number of carboxylic acid groups (broad SMARTS) is 1. The number of carbonyl (C=O) groups excluding carboxylic acids is 2. The molecule has 5 rings (SSSR count). The van der Waals surface area contributed by atoms with Gasteiger partial charge in [0.2, 0.25) is 11.8 Å². The van der Waals surface area contributed by atoms with E-state index in [2.05, 4.69) is 27.3 Å². The van der Waals surface area contributed by atoms with Gasteiger partial charge in [-0.05, 0) is 60.7 Å². The Labute approximate surface area is 239 Å². The number of nitrogens with one attached hydrogen (secondary N) is 2. The summed E-state index contributed by atoms with van der Waals surface area (Å²) in [5.41, 5.74) is 4.17. The number of hydrogen-bond acceptors (Lipinski definition) is 4. The Bertz CT molecular complexity index is 1480. The fourth-order valence-corrected chi connectivity index (χ4v) is 5.45. The summed E-state index contributed by atoms with van der Waals surface area (Å²) in [6, 6.07) is 19.3. The van der Waals surface area contributed by atoms with Crippen molar-refractivity contribution < 1.29 is 24.2 Å². The molecule has 1 aliphatic rings. The molecule has 9 nitrogen and oxygen atoms in total. The molecule has 1 unspecified atom stereocenters. The first-order valence-corrected chi connectivity index (χ1v) is 14.1. The lowest BCUT2D eigenvalue weighted by molar-refractivity contribution is -0.141. The van der Waals surface area contributed by atoms with Gasteiger partial charge in [0.15, 0.2) is 0 Å². The van der Waals surface area contributed by atoms with E-state index >= 15 is 0 Å². The number of carboxylic acids is 1. The number of nitrogens with zero attached hydrogens (tertiary/aromatic N) is 2. The van der Waals surface area contributed by atoms with Crippen LogP contribution in [0.1, 0.15) is 30.4 Å². The lowest BCUT2D eigenvalue weighted by Crippen LogP contribution is -2.50. The minimum Gasteiger partial charge on any atom is -0.481 e. The van der Waals surface area contributed by atoms with Crippen LogP contribution < -0.4 is 10.6 Å². The highest BCUT2D eigenvalue weighted by Crippen LogP contribution is 2.24. The summed E-state index contributed by atoms with van der Waals surface area (Å²) in [5, 5.41) is 16.3. The van der Waals surface area contributed by atoms with Crippen LogP contribution in [0.4, 0.5) is 0 Å². The summed E-state index contributed by atoms with van der Waals surface area (Å²) in [4.78, 5) is 38.3. The average molecular weight is 557 g/mol. The van der Waals surface area contributed by atoms with Crippen molar-refractivity contribution in [3.63, 3.8) is 0 Å².